The lowest BCUT2D eigenvalue weighted by molar-refractivity contribution is -0.125. The van der Waals surface area contributed by atoms with Gasteiger partial charge in [0, 0.05) is 12.1 Å². The van der Waals surface area contributed by atoms with Crippen LogP contribution in [-0.2, 0) is 16.0 Å². The predicted octanol–water partition coefficient (Wildman–Crippen LogP) is 2.93. The number of nitrogens with one attached hydrogen (secondary N) is 2. The van der Waals surface area contributed by atoms with Gasteiger partial charge in [-0.3, -0.25) is 9.59 Å². The number of carbonyl (C=O) groups excluding carboxylic acids is 2. The molecule has 0 saturated carbocycles. The van der Waals surface area contributed by atoms with Crippen LogP contribution in [-0.4, -0.2) is 51.0 Å². The van der Waals surface area contributed by atoms with Crippen LogP contribution in [0, 0.1) is 0 Å². The highest BCUT2D eigenvalue weighted by atomic mass is 16.5. The number of methoxy groups -OCH3 is 1. The summed E-state index contributed by atoms with van der Waals surface area (Å²) >= 11 is 0. The van der Waals surface area contributed by atoms with Crippen LogP contribution in [0.2, 0.25) is 0 Å². The average molecular weight is 420 g/mol. The molecule has 0 saturated heterocycles. The van der Waals surface area contributed by atoms with Crippen molar-refractivity contribution in [2.24, 2.45) is 0 Å². The molecule has 2 amide bonds. The Morgan fingerprint density at radius 3 is 2.39 bits per heavy atom. The summed E-state index contributed by atoms with van der Waals surface area (Å²) in [7, 11) is 5.54. The van der Waals surface area contributed by atoms with E-state index in [9.17, 15) is 9.59 Å². The molecule has 0 radical (unpaired) electrons. The molecule has 0 spiro atoms. The number of hydrogen-bond donors (Lipinski definition) is 2. The van der Waals surface area contributed by atoms with Gasteiger partial charge in [-0.2, -0.15) is 0 Å². The standard InChI is InChI=1S/C25H29N3O3/c1-28(2)22(21-13-6-7-14-23(21)31-3)16-26-25(30)17-27-24(29)15-19-11-8-10-18-9-4-5-12-20(18)19/h4-14,22H,15-17H2,1-3H3,(H,26,30)(H,27,29)/t22-/m1/s1. The van der Waals surface area contributed by atoms with Crippen LogP contribution in [0.25, 0.3) is 10.8 Å². The molecule has 3 aromatic carbocycles. The Balaban J connectivity index is 1.53. The number of para-hydroxylation sites is 1. The summed E-state index contributed by atoms with van der Waals surface area (Å²) in [5.74, 6) is 0.368. The molecule has 6 nitrogen and oxygen atoms in total. The molecule has 0 unspecified atom stereocenters. The topological polar surface area (TPSA) is 70.7 Å². The van der Waals surface area contributed by atoms with Crippen molar-refractivity contribution in [3.05, 3.63) is 77.9 Å². The van der Waals surface area contributed by atoms with E-state index in [0.717, 1.165) is 27.6 Å². The number of amides is 2. The molecule has 1 atom stereocenters. The third-order valence-corrected chi connectivity index (χ3v) is 5.29. The van der Waals surface area contributed by atoms with Gasteiger partial charge in [-0.15, -0.1) is 0 Å². The molecule has 6 heteroatoms. The Labute approximate surface area is 183 Å². The maximum Gasteiger partial charge on any atom is 0.239 e. The Kier molecular flexibility index (Phi) is 7.62. The number of nitrogens with zero attached hydrogens (tertiary/aromatic N) is 1. The summed E-state index contributed by atoms with van der Waals surface area (Å²) in [6, 6.07) is 21.6. The minimum absolute atomic E-state index is 0.0496. The summed E-state index contributed by atoms with van der Waals surface area (Å²) in [5, 5.41) is 7.78. The monoisotopic (exact) mass is 419 g/mol. The fraction of sp³-hybridized carbons (Fsp3) is 0.280. The first-order valence-electron chi connectivity index (χ1n) is 10.3. The van der Waals surface area contributed by atoms with Gasteiger partial charge in [-0.25, -0.2) is 0 Å². The van der Waals surface area contributed by atoms with Gasteiger partial charge < -0.3 is 20.3 Å². The molecule has 0 bridgehead atoms. The van der Waals surface area contributed by atoms with Crippen LogP contribution in [0.15, 0.2) is 66.7 Å². The first-order chi connectivity index (χ1) is 15.0. The smallest absolute Gasteiger partial charge is 0.239 e. The minimum atomic E-state index is -0.229. The summed E-state index contributed by atoms with van der Waals surface area (Å²) < 4.78 is 5.45. The molecular formula is C25H29N3O3. The molecule has 162 valence electrons. The van der Waals surface area contributed by atoms with Crippen LogP contribution in [0.1, 0.15) is 17.2 Å². The van der Waals surface area contributed by atoms with Crippen LogP contribution in [0.4, 0.5) is 0 Å². The number of ether oxygens (including phenoxy) is 1. The van der Waals surface area contributed by atoms with Crippen molar-refractivity contribution < 1.29 is 14.3 Å². The van der Waals surface area contributed by atoms with E-state index >= 15 is 0 Å². The van der Waals surface area contributed by atoms with Gasteiger partial charge in [-0.05, 0) is 36.5 Å². The van der Waals surface area contributed by atoms with Crippen LogP contribution < -0.4 is 15.4 Å². The molecule has 3 aromatic rings. The predicted molar refractivity (Wildman–Crippen MR) is 123 cm³/mol. The summed E-state index contributed by atoms with van der Waals surface area (Å²) in [6.07, 6.45) is 0.232. The molecule has 31 heavy (non-hydrogen) atoms. The van der Waals surface area contributed by atoms with E-state index in [0.29, 0.717) is 6.54 Å². The molecular weight excluding hydrogens is 390 g/mol. The van der Waals surface area contributed by atoms with Crippen molar-refractivity contribution in [2.75, 3.05) is 34.3 Å². The zero-order valence-corrected chi connectivity index (χ0v) is 18.2. The molecule has 0 aromatic heterocycles. The van der Waals surface area contributed by atoms with Gasteiger partial charge >= 0.3 is 0 Å². The van der Waals surface area contributed by atoms with Gasteiger partial charge in [0.05, 0.1) is 26.1 Å². The van der Waals surface area contributed by atoms with Crippen molar-refractivity contribution in [1.82, 2.24) is 15.5 Å². The Bertz CT molecular complexity index is 1040. The lowest BCUT2D eigenvalue weighted by atomic mass is 10.0. The third kappa shape index (κ3) is 5.83. The van der Waals surface area contributed by atoms with Gasteiger partial charge in [-0.1, -0.05) is 60.7 Å². The molecule has 2 N–H and O–H groups in total. The number of hydrogen-bond acceptors (Lipinski definition) is 4. The molecule has 0 fully saturated rings. The van der Waals surface area contributed by atoms with Gasteiger partial charge in [0.25, 0.3) is 0 Å². The SMILES string of the molecule is COc1ccccc1[C@@H](CNC(=O)CNC(=O)Cc1cccc2ccccc12)N(C)C. The maximum absolute atomic E-state index is 12.4. The summed E-state index contributed by atoms with van der Waals surface area (Å²) in [5.41, 5.74) is 1.94. The van der Waals surface area contributed by atoms with Crippen molar-refractivity contribution in [3.63, 3.8) is 0 Å². The second-order valence-electron chi connectivity index (χ2n) is 7.62. The quantitative estimate of drug-likeness (QED) is 0.560. The van der Waals surface area contributed by atoms with E-state index < -0.39 is 0 Å². The van der Waals surface area contributed by atoms with E-state index in [-0.39, 0.29) is 30.8 Å². The van der Waals surface area contributed by atoms with E-state index in [4.69, 9.17) is 4.74 Å². The highest BCUT2D eigenvalue weighted by molar-refractivity contribution is 5.91. The minimum Gasteiger partial charge on any atom is -0.496 e. The average Bonchev–Trinajstić information content (AvgIpc) is 2.78. The van der Waals surface area contributed by atoms with E-state index in [1.54, 1.807) is 7.11 Å². The first kappa shape index (κ1) is 22.3. The number of fused-ring (bicyclic) bond motifs is 1. The van der Waals surface area contributed by atoms with E-state index in [2.05, 4.69) is 10.6 Å². The van der Waals surface area contributed by atoms with Crippen LogP contribution in [0.3, 0.4) is 0 Å². The van der Waals surface area contributed by atoms with Crippen molar-refractivity contribution in [1.29, 1.82) is 0 Å². The van der Waals surface area contributed by atoms with Crippen molar-refractivity contribution in [2.45, 2.75) is 12.5 Å². The number of likely N-dealkylation sites (N-methyl/N-ethyl adjacent to an activating group) is 1. The first-order valence-corrected chi connectivity index (χ1v) is 10.3. The van der Waals surface area contributed by atoms with Gasteiger partial charge in [0.1, 0.15) is 5.75 Å². The highest BCUT2D eigenvalue weighted by Gasteiger charge is 2.19. The van der Waals surface area contributed by atoms with Crippen LogP contribution in [0.5, 0.6) is 5.75 Å². The molecule has 0 aliphatic heterocycles. The molecule has 3 rings (SSSR count). The number of carbonyl (C=O) groups is 2. The highest BCUT2D eigenvalue weighted by Crippen LogP contribution is 2.27. The lowest BCUT2D eigenvalue weighted by Gasteiger charge is -2.26. The zero-order valence-electron chi connectivity index (χ0n) is 18.2. The summed E-state index contributed by atoms with van der Waals surface area (Å²) in [4.78, 5) is 26.8. The van der Waals surface area contributed by atoms with Crippen molar-refractivity contribution >= 4 is 22.6 Å². The second kappa shape index (κ2) is 10.6. The van der Waals surface area contributed by atoms with Gasteiger partial charge in [0.2, 0.25) is 11.8 Å². The van der Waals surface area contributed by atoms with Crippen molar-refractivity contribution in [3.8, 4) is 5.75 Å². The van der Waals surface area contributed by atoms with Crippen LogP contribution >= 0.6 is 0 Å². The summed E-state index contributed by atoms with van der Waals surface area (Å²) in [6.45, 7) is 0.348. The molecule has 0 aliphatic rings. The maximum atomic E-state index is 12.4. The number of rotatable bonds is 9. The zero-order chi connectivity index (χ0) is 22.2. The Morgan fingerprint density at radius 1 is 0.903 bits per heavy atom. The fourth-order valence-corrected chi connectivity index (χ4v) is 3.65. The Morgan fingerprint density at radius 2 is 1.61 bits per heavy atom. The normalized spacial score (nSPS) is 11.9. The van der Waals surface area contributed by atoms with Gasteiger partial charge in [0.15, 0.2) is 0 Å². The fourth-order valence-electron chi connectivity index (χ4n) is 3.65. The largest absolute Gasteiger partial charge is 0.496 e. The second-order valence-corrected chi connectivity index (χ2v) is 7.62. The molecule has 0 heterocycles. The van der Waals surface area contributed by atoms with E-state index in [1.807, 2.05) is 85.7 Å². The number of benzene rings is 3. The lowest BCUT2D eigenvalue weighted by Crippen LogP contribution is -2.41. The Hall–Kier alpha value is -3.38. The van der Waals surface area contributed by atoms with E-state index in [1.165, 1.54) is 0 Å². The molecule has 0 aliphatic carbocycles. The third-order valence-electron chi connectivity index (χ3n) is 5.29.